The summed E-state index contributed by atoms with van der Waals surface area (Å²) in [5.41, 5.74) is 1.28. The first-order valence-corrected chi connectivity index (χ1v) is 7.18. The van der Waals surface area contributed by atoms with E-state index in [0.29, 0.717) is 12.1 Å². The van der Waals surface area contributed by atoms with Gasteiger partial charge in [0.15, 0.2) is 0 Å². The topological polar surface area (TPSA) is 30.5 Å². The third kappa shape index (κ3) is 3.95. The smallest absolute Gasteiger partial charge is 0.119 e. The maximum absolute atomic E-state index is 5.43. The number of hydrogen-bond acceptors (Lipinski definition) is 3. The molecule has 1 N–H and O–H groups in total. The number of methoxy groups -OCH3 is 1. The van der Waals surface area contributed by atoms with Crippen LogP contribution in [0.2, 0.25) is 0 Å². The van der Waals surface area contributed by atoms with Crippen molar-refractivity contribution in [3.63, 3.8) is 0 Å². The van der Waals surface area contributed by atoms with Crippen molar-refractivity contribution >= 4 is 0 Å². The molecule has 0 aromatic heterocycles. The normalized spacial score (nSPS) is 19.9. The number of ether oxygens (including phenoxy) is 2. The standard InChI is InChI=1S/C16H25NO2/c1-12(14-7-9-19-10-8-14)17-13(2)15-5-4-6-16(11-15)18-3/h4-6,11-14,17H,7-10H2,1-3H3. The van der Waals surface area contributed by atoms with Crippen LogP contribution in [-0.2, 0) is 4.74 Å². The Bertz CT molecular complexity index is 388. The zero-order valence-electron chi connectivity index (χ0n) is 12.2. The van der Waals surface area contributed by atoms with Gasteiger partial charge in [-0.25, -0.2) is 0 Å². The van der Waals surface area contributed by atoms with Crippen molar-refractivity contribution in [2.75, 3.05) is 20.3 Å². The van der Waals surface area contributed by atoms with Crippen molar-refractivity contribution in [3.05, 3.63) is 29.8 Å². The molecule has 1 aliphatic rings. The number of hydrogen-bond donors (Lipinski definition) is 1. The second-order valence-electron chi connectivity index (χ2n) is 5.40. The third-order valence-corrected chi connectivity index (χ3v) is 4.08. The molecule has 1 aromatic carbocycles. The highest BCUT2D eigenvalue weighted by Crippen LogP contribution is 2.23. The summed E-state index contributed by atoms with van der Waals surface area (Å²) in [6.07, 6.45) is 2.33. The van der Waals surface area contributed by atoms with E-state index in [2.05, 4.69) is 31.3 Å². The maximum atomic E-state index is 5.43. The average molecular weight is 263 g/mol. The Morgan fingerprint density at radius 3 is 2.68 bits per heavy atom. The predicted molar refractivity (Wildman–Crippen MR) is 77.5 cm³/mol. The van der Waals surface area contributed by atoms with E-state index in [0.717, 1.165) is 24.9 Å². The van der Waals surface area contributed by atoms with Crippen molar-refractivity contribution in [1.82, 2.24) is 5.32 Å². The van der Waals surface area contributed by atoms with Crippen molar-refractivity contribution in [3.8, 4) is 5.75 Å². The zero-order valence-corrected chi connectivity index (χ0v) is 12.2. The molecule has 106 valence electrons. The SMILES string of the molecule is COc1cccc(C(C)NC(C)C2CCOCC2)c1. The minimum absolute atomic E-state index is 0.341. The average Bonchev–Trinajstić information content (AvgIpc) is 2.48. The molecule has 2 atom stereocenters. The van der Waals surface area contributed by atoms with Crippen LogP contribution < -0.4 is 10.1 Å². The van der Waals surface area contributed by atoms with Gasteiger partial charge < -0.3 is 14.8 Å². The first-order valence-electron chi connectivity index (χ1n) is 7.18. The van der Waals surface area contributed by atoms with Gasteiger partial charge in [-0.15, -0.1) is 0 Å². The van der Waals surface area contributed by atoms with Gasteiger partial charge in [0.1, 0.15) is 5.75 Å². The first-order chi connectivity index (χ1) is 9.20. The molecule has 1 aliphatic heterocycles. The van der Waals surface area contributed by atoms with Crippen LogP contribution >= 0.6 is 0 Å². The lowest BCUT2D eigenvalue weighted by Gasteiger charge is -2.31. The molecule has 3 nitrogen and oxygen atoms in total. The van der Waals surface area contributed by atoms with Crippen LogP contribution in [0, 0.1) is 5.92 Å². The zero-order chi connectivity index (χ0) is 13.7. The van der Waals surface area contributed by atoms with E-state index in [1.165, 1.54) is 18.4 Å². The Hall–Kier alpha value is -1.06. The molecule has 1 aromatic rings. The molecule has 1 fully saturated rings. The molecule has 0 saturated carbocycles. The van der Waals surface area contributed by atoms with Crippen LogP contribution in [0.3, 0.4) is 0 Å². The summed E-state index contributed by atoms with van der Waals surface area (Å²) in [4.78, 5) is 0. The molecule has 0 bridgehead atoms. The van der Waals surface area contributed by atoms with Crippen LogP contribution in [-0.4, -0.2) is 26.4 Å². The molecule has 3 heteroatoms. The second kappa shape index (κ2) is 6.92. The largest absolute Gasteiger partial charge is 0.497 e. The third-order valence-electron chi connectivity index (χ3n) is 4.08. The van der Waals surface area contributed by atoms with Gasteiger partial charge in [0.2, 0.25) is 0 Å². The Morgan fingerprint density at radius 1 is 1.26 bits per heavy atom. The van der Waals surface area contributed by atoms with E-state index in [1.54, 1.807) is 7.11 Å². The molecule has 0 spiro atoms. The summed E-state index contributed by atoms with van der Waals surface area (Å²) in [6, 6.07) is 9.15. The molecule has 2 rings (SSSR count). The van der Waals surface area contributed by atoms with Crippen molar-refractivity contribution in [2.45, 2.75) is 38.8 Å². The molecule has 1 heterocycles. The quantitative estimate of drug-likeness (QED) is 0.885. The van der Waals surface area contributed by atoms with E-state index in [-0.39, 0.29) is 0 Å². The van der Waals surface area contributed by atoms with Gasteiger partial charge in [-0.3, -0.25) is 0 Å². The van der Waals surface area contributed by atoms with Gasteiger partial charge in [0.05, 0.1) is 7.11 Å². The lowest BCUT2D eigenvalue weighted by molar-refractivity contribution is 0.0547. The summed E-state index contributed by atoms with van der Waals surface area (Å²) < 4.78 is 10.7. The molecule has 0 aliphatic carbocycles. The number of benzene rings is 1. The lowest BCUT2D eigenvalue weighted by atomic mass is 9.92. The molecular formula is C16H25NO2. The summed E-state index contributed by atoms with van der Waals surface area (Å²) in [7, 11) is 1.71. The van der Waals surface area contributed by atoms with Crippen LogP contribution in [0.1, 0.15) is 38.3 Å². The Kier molecular flexibility index (Phi) is 5.23. The fraction of sp³-hybridized carbons (Fsp3) is 0.625. The van der Waals surface area contributed by atoms with Crippen LogP contribution in [0.4, 0.5) is 0 Å². The predicted octanol–water partition coefficient (Wildman–Crippen LogP) is 3.16. The van der Waals surface area contributed by atoms with Crippen molar-refractivity contribution in [1.29, 1.82) is 0 Å². The van der Waals surface area contributed by atoms with Crippen molar-refractivity contribution in [2.24, 2.45) is 5.92 Å². The summed E-state index contributed by atoms with van der Waals surface area (Å²) in [5, 5.41) is 3.71. The molecular weight excluding hydrogens is 238 g/mol. The van der Waals surface area contributed by atoms with Gasteiger partial charge >= 0.3 is 0 Å². The highest BCUT2D eigenvalue weighted by atomic mass is 16.5. The highest BCUT2D eigenvalue weighted by molar-refractivity contribution is 5.30. The Balaban J connectivity index is 1.93. The molecule has 2 unspecified atom stereocenters. The highest BCUT2D eigenvalue weighted by Gasteiger charge is 2.21. The molecule has 0 amide bonds. The van der Waals surface area contributed by atoms with E-state index in [1.807, 2.05) is 12.1 Å². The van der Waals surface area contributed by atoms with E-state index < -0.39 is 0 Å². The van der Waals surface area contributed by atoms with Gasteiger partial charge in [-0.05, 0) is 50.3 Å². The fourth-order valence-corrected chi connectivity index (χ4v) is 2.75. The van der Waals surface area contributed by atoms with Crippen molar-refractivity contribution < 1.29 is 9.47 Å². The molecule has 19 heavy (non-hydrogen) atoms. The molecule has 0 radical (unpaired) electrons. The van der Waals surface area contributed by atoms with E-state index >= 15 is 0 Å². The first kappa shape index (κ1) is 14.4. The van der Waals surface area contributed by atoms with E-state index in [9.17, 15) is 0 Å². The fourth-order valence-electron chi connectivity index (χ4n) is 2.75. The minimum Gasteiger partial charge on any atom is -0.497 e. The van der Waals surface area contributed by atoms with E-state index in [4.69, 9.17) is 9.47 Å². The van der Waals surface area contributed by atoms with Gasteiger partial charge in [0.25, 0.3) is 0 Å². The molecule has 1 saturated heterocycles. The lowest BCUT2D eigenvalue weighted by Crippen LogP contribution is -2.38. The monoisotopic (exact) mass is 263 g/mol. The number of rotatable bonds is 5. The Labute approximate surface area is 116 Å². The number of nitrogens with one attached hydrogen (secondary N) is 1. The Morgan fingerprint density at radius 2 is 2.00 bits per heavy atom. The van der Waals surface area contributed by atoms with Crippen LogP contribution in [0.5, 0.6) is 5.75 Å². The summed E-state index contributed by atoms with van der Waals surface area (Å²) in [6.45, 7) is 6.31. The summed E-state index contributed by atoms with van der Waals surface area (Å²) >= 11 is 0. The van der Waals surface area contributed by atoms with Gasteiger partial charge in [0, 0.05) is 25.3 Å². The maximum Gasteiger partial charge on any atom is 0.119 e. The van der Waals surface area contributed by atoms with Crippen LogP contribution in [0.25, 0.3) is 0 Å². The van der Waals surface area contributed by atoms with Crippen LogP contribution in [0.15, 0.2) is 24.3 Å². The second-order valence-corrected chi connectivity index (χ2v) is 5.40. The van der Waals surface area contributed by atoms with Gasteiger partial charge in [-0.2, -0.15) is 0 Å². The summed E-state index contributed by atoms with van der Waals surface area (Å²) in [5.74, 6) is 1.65. The van der Waals surface area contributed by atoms with Gasteiger partial charge in [-0.1, -0.05) is 12.1 Å². The minimum atomic E-state index is 0.341.